The molecule has 0 aliphatic carbocycles. The van der Waals surface area contributed by atoms with Gasteiger partial charge in [-0.15, -0.1) is 0 Å². The minimum Gasteiger partial charge on any atom is -0.396 e. The minimum absolute atomic E-state index is 0.0757. The SMILES string of the molecule is OCCCNCCCC(F)(F)F. The summed E-state index contributed by atoms with van der Waals surface area (Å²) in [6, 6.07) is 0. The fourth-order valence-corrected chi connectivity index (χ4v) is 0.743. The van der Waals surface area contributed by atoms with Crippen LogP contribution in [0.2, 0.25) is 0 Å². The Bertz CT molecular complexity index is 105. The van der Waals surface area contributed by atoms with Crippen LogP contribution in [0.25, 0.3) is 0 Å². The molecule has 0 saturated heterocycles. The van der Waals surface area contributed by atoms with Gasteiger partial charge in [0.25, 0.3) is 0 Å². The molecule has 0 heterocycles. The number of hydrogen-bond acceptors (Lipinski definition) is 2. The lowest BCUT2D eigenvalue weighted by atomic mass is 10.3. The molecule has 0 saturated carbocycles. The van der Waals surface area contributed by atoms with Crippen LogP contribution in [-0.4, -0.2) is 31.0 Å². The third-order valence-electron chi connectivity index (χ3n) is 1.33. The van der Waals surface area contributed by atoms with Crippen LogP contribution in [0.1, 0.15) is 19.3 Å². The Balaban J connectivity index is 3.01. The van der Waals surface area contributed by atoms with E-state index >= 15 is 0 Å². The maximum atomic E-state index is 11.6. The third-order valence-corrected chi connectivity index (χ3v) is 1.33. The largest absolute Gasteiger partial charge is 0.396 e. The van der Waals surface area contributed by atoms with Crippen molar-refractivity contribution in [1.29, 1.82) is 0 Å². The van der Waals surface area contributed by atoms with E-state index in [0.717, 1.165) is 0 Å². The van der Waals surface area contributed by atoms with E-state index in [1.54, 1.807) is 0 Å². The lowest BCUT2D eigenvalue weighted by Gasteiger charge is -2.06. The van der Waals surface area contributed by atoms with Crippen LogP contribution in [0.5, 0.6) is 0 Å². The normalized spacial score (nSPS) is 12.0. The molecule has 0 amide bonds. The molecule has 0 radical (unpaired) electrons. The summed E-state index contributed by atoms with van der Waals surface area (Å²) in [4.78, 5) is 0. The van der Waals surface area contributed by atoms with Gasteiger partial charge >= 0.3 is 6.18 Å². The summed E-state index contributed by atoms with van der Waals surface area (Å²) in [6.07, 6.45) is -4.08. The molecular weight excluding hydrogens is 171 g/mol. The highest BCUT2D eigenvalue weighted by molar-refractivity contribution is 4.53. The Morgan fingerprint density at radius 1 is 1.08 bits per heavy atom. The average molecular weight is 185 g/mol. The van der Waals surface area contributed by atoms with E-state index in [1.807, 2.05) is 0 Å². The lowest BCUT2D eigenvalue weighted by molar-refractivity contribution is -0.135. The van der Waals surface area contributed by atoms with E-state index < -0.39 is 12.6 Å². The number of nitrogens with one attached hydrogen (secondary N) is 1. The molecule has 2 N–H and O–H groups in total. The quantitative estimate of drug-likeness (QED) is 0.611. The Labute approximate surface area is 69.8 Å². The van der Waals surface area contributed by atoms with Gasteiger partial charge in [-0.05, 0) is 25.9 Å². The molecular formula is C7H14F3NO. The standard InChI is InChI=1S/C7H14F3NO/c8-7(9,10)3-1-4-11-5-2-6-12/h11-12H,1-6H2. The molecule has 0 fully saturated rings. The van der Waals surface area contributed by atoms with Crippen molar-refractivity contribution < 1.29 is 18.3 Å². The zero-order valence-corrected chi connectivity index (χ0v) is 6.82. The topological polar surface area (TPSA) is 32.3 Å². The molecule has 0 atom stereocenters. The summed E-state index contributed by atoms with van der Waals surface area (Å²) in [7, 11) is 0. The van der Waals surface area contributed by atoms with Crippen molar-refractivity contribution in [1.82, 2.24) is 5.32 Å². The van der Waals surface area contributed by atoms with Gasteiger partial charge in [0.15, 0.2) is 0 Å². The molecule has 0 aromatic carbocycles. The van der Waals surface area contributed by atoms with Crippen LogP contribution in [-0.2, 0) is 0 Å². The van der Waals surface area contributed by atoms with Crippen LogP contribution in [0.4, 0.5) is 13.2 Å². The van der Waals surface area contributed by atoms with Crippen LogP contribution < -0.4 is 5.32 Å². The first kappa shape index (κ1) is 11.7. The zero-order chi connectivity index (χ0) is 9.45. The maximum Gasteiger partial charge on any atom is 0.389 e. The van der Waals surface area contributed by atoms with Crippen LogP contribution in [0.3, 0.4) is 0 Å². The Morgan fingerprint density at radius 3 is 2.17 bits per heavy atom. The van der Waals surface area contributed by atoms with Crippen molar-refractivity contribution in [2.24, 2.45) is 0 Å². The molecule has 0 unspecified atom stereocenters. The van der Waals surface area contributed by atoms with E-state index in [2.05, 4.69) is 5.32 Å². The van der Waals surface area contributed by atoms with E-state index in [9.17, 15) is 13.2 Å². The van der Waals surface area contributed by atoms with Gasteiger partial charge in [0.1, 0.15) is 0 Å². The fourth-order valence-electron chi connectivity index (χ4n) is 0.743. The van der Waals surface area contributed by atoms with Gasteiger partial charge in [-0.25, -0.2) is 0 Å². The second kappa shape index (κ2) is 6.25. The summed E-state index contributed by atoms with van der Waals surface area (Å²) < 4.78 is 34.7. The Hall–Kier alpha value is -0.290. The van der Waals surface area contributed by atoms with Crippen LogP contribution in [0, 0.1) is 0 Å². The molecule has 0 aromatic rings. The van der Waals surface area contributed by atoms with Gasteiger partial charge in [0.2, 0.25) is 0 Å². The van der Waals surface area contributed by atoms with Gasteiger partial charge in [-0.3, -0.25) is 0 Å². The van der Waals surface area contributed by atoms with Crippen molar-refractivity contribution >= 4 is 0 Å². The highest BCUT2D eigenvalue weighted by Gasteiger charge is 2.25. The first-order valence-electron chi connectivity index (χ1n) is 3.94. The van der Waals surface area contributed by atoms with E-state index in [4.69, 9.17) is 5.11 Å². The summed E-state index contributed by atoms with van der Waals surface area (Å²) in [5, 5.41) is 11.1. The Kier molecular flexibility index (Phi) is 6.10. The summed E-state index contributed by atoms with van der Waals surface area (Å²) in [5.74, 6) is 0. The van der Waals surface area contributed by atoms with Gasteiger partial charge in [0.05, 0.1) is 0 Å². The second-order valence-corrected chi connectivity index (χ2v) is 2.55. The monoisotopic (exact) mass is 185 g/mol. The van der Waals surface area contributed by atoms with E-state index in [0.29, 0.717) is 19.5 Å². The fraction of sp³-hybridized carbons (Fsp3) is 1.00. The molecule has 0 aliphatic heterocycles. The Morgan fingerprint density at radius 2 is 1.67 bits per heavy atom. The number of halogens is 3. The lowest BCUT2D eigenvalue weighted by Crippen LogP contribution is -2.19. The van der Waals surface area contributed by atoms with Crippen molar-refractivity contribution in [2.75, 3.05) is 19.7 Å². The third kappa shape index (κ3) is 9.71. The van der Waals surface area contributed by atoms with Crippen molar-refractivity contribution in [3.05, 3.63) is 0 Å². The van der Waals surface area contributed by atoms with E-state index in [1.165, 1.54) is 0 Å². The van der Waals surface area contributed by atoms with Gasteiger partial charge in [0, 0.05) is 13.0 Å². The van der Waals surface area contributed by atoms with Crippen LogP contribution in [0.15, 0.2) is 0 Å². The van der Waals surface area contributed by atoms with Gasteiger partial charge in [-0.1, -0.05) is 0 Å². The minimum atomic E-state index is -4.04. The molecule has 0 rings (SSSR count). The predicted octanol–water partition coefficient (Wildman–Crippen LogP) is 1.30. The molecule has 12 heavy (non-hydrogen) atoms. The highest BCUT2D eigenvalue weighted by atomic mass is 19.4. The molecule has 74 valence electrons. The van der Waals surface area contributed by atoms with E-state index in [-0.39, 0.29) is 13.0 Å². The highest BCUT2D eigenvalue weighted by Crippen LogP contribution is 2.20. The van der Waals surface area contributed by atoms with Gasteiger partial charge < -0.3 is 10.4 Å². The number of hydrogen-bond donors (Lipinski definition) is 2. The number of rotatable bonds is 6. The second-order valence-electron chi connectivity index (χ2n) is 2.55. The number of aliphatic hydroxyl groups excluding tert-OH is 1. The smallest absolute Gasteiger partial charge is 0.389 e. The average Bonchev–Trinajstić information content (AvgIpc) is 1.94. The van der Waals surface area contributed by atoms with Crippen molar-refractivity contribution in [3.63, 3.8) is 0 Å². The summed E-state index contributed by atoms with van der Waals surface area (Å²) in [6.45, 7) is 1.01. The number of aliphatic hydroxyl groups is 1. The van der Waals surface area contributed by atoms with Gasteiger partial charge in [-0.2, -0.15) is 13.2 Å². The predicted molar refractivity (Wildman–Crippen MR) is 39.9 cm³/mol. The molecule has 0 aromatic heterocycles. The summed E-state index contributed by atoms with van der Waals surface area (Å²) >= 11 is 0. The maximum absolute atomic E-state index is 11.6. The number of alkyl halides is 3. The first-order valence-corrected chi connectivity index (χ1v) is 3.94. The molecule has 2 nitrogen and oxygen atoms in total. The van der Waals surface area contributed by atoms with Crippen LogP contribution >= 0.6 is 0 Å². The van der Waals surface area contributed by atoms with Crippen molar-refractivity contribution in [2.45, 2.75) is 25.4 Å². The molecule has 5 heteroatoms. The first-order chi connectivity index (χ1) is 5.56. The molecule has 0 spiro atoms. The van der Waals surface area contributed by atoms with Crippen molar-refractivity contribution in [3.8, 4) is 0 Å². The zero-order valence-electron chi connectivity index (χ0n) is 6.82. The molecule has 0 aliphatic rings. The summed E-state index contributed by atoms with van der Waals surface area (Å²) in [5.41, 5.74) is 0. The molecule has 0 bridgehead atoms.